The van der Waals surface area contributed by atoms with Crippen molar-refractivity contribution in [3.63, 3.8) is 0 Å². The van der Waals surface area contributed by atoms with Crippen LogP contribution in [0.1, 0.15) is 32.6 Å². The maximum atomic E-state index is 12.6. The molecule has 5 unspecified atom stereocenters. The fraction of sp³-hybridized carbons (Fsp3) is 0.611. The SMILES string of the molecule is CC(O)C(NC(=O)C(N)CCCN=C(N)N)C(=O)NC(CC(=O)O)C(=O)NC(CC(N)=O)C(=O)O. The molecule has 0 aliphatic carbocycles. The van der Waals surface area contributed by atoms with Gasteiger partial charge in [0.05, 0.1) is 25.0 Å². The van der Waals surface area contributed by atoms with Gasteiger partial charge in [0.1, 0.15) is 18.1 Å². The Morgan fingerprint density at radius 1 is 0.857 bits per heavy atom. The van der Waals surface area contributed by atoms with E-state index in [0.717, 1.165) is 6.92 Å². The number of carboxylic acids is 2. The number of rotatable bonds is 16. The number of amides is 4. The second-order valence-electron chi connectivity index (χ2n) is 7.51. The molecule has 0 aromatic rings. The number of nitrogens with one attached hydrogen (secondary N) is 3. The number of aliphatic imine (C=N–C) groups is 1. The van der Waals surface area contributed by atoms with Crippen LogP contribution in [0.25, 0.3) is 0 Å². The summed E-state index contributed by atoms with van der Waals surface area (Å²) in [7, 11) is 0. The summed E-state index contributed by atoms with van der Waals surface area (Å²) >= 11 is 0. The average Bonchev–Trinajstić information content (AvgIpc) is 2.72. The van der Waals surface area contributed by atoms with E-state index < -0.39 is 78.7 Å². The number of carbonyl (C=O) groups is 6. The Morgan fingerprint density at radius 2 is 1.43 bits per heavy atom. The van der Waals surface area contributed by atoms with Crippen LogP contribution in [-0.2, 0) is 28.8 Å². The van der Waals surface area contributed by atoms with Crippen LogP contribution < -0.4 is 38.9 Å². The minimum Gasteiger partial charge on any atom is -0.481 e. The van der Waals surface area contributed by atoms with Crippen LogP contribution in [0.4, 0.5) is 0 Å². The molecule has 0 fully saturated rings. The van der Waals surface area contributed by atoms with Crippen LogP contribution in [0.2, 0.25) is 0 Å². The minimum atomic E-state index is -1.82. The van der Waals surface area contributed by atoms with E-state index in [2.05, 4.69) is 10.3 Å². The molecule has 4 amide bonds. The number of primary amides is 1. The van der Waals surface area contributed by atoms with Gasteiger partial charge in [-0.2, -0.15) is 0 Å². The van der Waals surface area contributed by atoms with Crippen molar-refractivity contribution in [3.05, 3.63) is 0 Å². The van der Waals surface area contributed by atoms with Gasteiger partial charge in [0, 0.05) is 6.54 Å². The molecule has 0 spiro atoms. The van der Waals surface area contributed by atoms with Crippen LogP contribution in [-0.4, -0.2) is 93.7 Å². The van der Waals surface area contributed by atoms with Crippen LogP contribution in [0, 0.1) is 0 Å². The van der Waals surface area contributed by atoms with Crippen molar-refractivity contribution in [2.75, 3.05) is 6.54 Å². The number of nitrogens with zero attached hydrogens (tertiary/aromatic N) is 1. The quantitative estimate of drug-likeness (QED) is 0.0535. The molecule has 14 N–H and O–H groups in total. The molecule has 5 atom stereocenters. The highest BCUT2D eigenvalue weighted by molar-refractivity contribution is 5.96. The van der Waals surface area contributed by atoms with Gasteiger partial charge in [0.25, 0.3) is 0 Å². The summed E-state index contributed by atoms with van der Waals surface area (Å²) < 4.78 is 0. The number of hydrogen-bond donors (Lipinski definition) is 10. The number of aliphatic hydroxyl groups is 1. The molecule has 0 aromatic carbocycles. The molecule has 0 aliphatic heterocycles. The third-order valence-electron chi connectivity index (χ3n) is 4.40. The number of aliphatic carboxylic acids is 2. The number of guanidine groups is 1. The Morgan fingerprint density at radius 3 is 1.89 bits per heavy atom. The molecule has 198 valence electrons. The van der Waals surface area contributed by atoms with E-state index >= 15 is 0 Å². The zero-order chi connectivity index (χ0) is 27.3. The molecule has 0 saturated carbocycles. The lowest BCUT2D eigenvalue weighted by atomic mass is 10.1. The largest absolute Gasteiger partial charge is 0.481 e. The first-order valence-electron chi connectivity index (χ1n) is 10.3. The van der Waals surface area contributed by atoms with Gasteiger partial charge in [-0.05, 0) is 19.8 Å². The Balaban J connectivity index is 5.35. The van der Waals surface area contributed by atoms with Crippen LogP contribution in [0.5, 0.6) is 0 Å². The Kier molecular flexibility index (Phi) is 13.3. The summed E-state index contributed by atoms with van der Waals surface area (Å²) in [5, 5.41) is 34.2. The van der Waals surface area contributed by atoms with Gasteiger partial charge < -0.3 is 54.2 Å². The predicted octanol–water partition coefficient (Wildman–Crippen LogP) is -5.36. The fourth-order valence-corrected chi connectivity index (χ4v) is 2.63. The highest BCUT2D eigenvalue weighted by atomic mass is 16.4. The minimum absolute atomic E-state index is 0.122. The van der Waals surface area contributed by atoms with Crippen molar-refractivity contribution < 1.29 is 44.1 Å². The van der Waals surface area contributed by atoms with Gasteiger partial charge in [-0.1, -0.05) is 0 Å². The van der Waals surface area contributed by atoms with Gasteiger partial charge in [0.15, 0.2) is 5.96 Å². The van der Waals surface area contributed by atoms with Gasteiger partial charge >= 0.3 is 11.9 Å². The van der Waals surface area contributed by atoms with Crippen molar-refractivity contribution in [3.8, 4) is 0 Å². The summed E-state index contributed by atoms with van der Waals surface area (Å²) in [5.41, 5.74) is 21.0. The zero-order valence-corrected chi connectivity index (χ0v) is 19.0. The third-order valence-corrected chi connectivity index (χ3v) is 4.40. The molecule has 0 aliphatic rings. The highest BCUT2D eigenvalue weighted by Crippen LogP contribution is 2.03. The molecule has 0 bridgehead atoms. The maximum absolute atomic E-state index is 12.6. The lowest BCUT2D eigenvalue weighted by molar-refractivity contribution is -0.145. The molecule has 17 heteroatoms. The number of aliphatic hydroxyl groups excluding tert-OH is 1. The Labute approximate surface area is 199 Å². The van der Waals surface area contributed by atoms with E-state index in [0.29, 0.717) is 6.42 Å². The molecular weight excluding hydrogens is 472 g/mol. The van der Waals surface area contributed by atoms with E-state index in [1.165, 1.54) is 0 Å². The molecule has 35 heavy (non-hydrogen) atoms. The fourth-order valence-electron chi connectivity index (χ4n) is 2.63. The first-order chi connectivity index (χ1) is 16.1. The standard InChI is InChI=1S/C18H32N8O9/c1-7(27)13(26-14(31)8(19)3-2-4-23-18(21)22)16(33)24-9(6-12(29)30)15(32)25-10(17(34)35)5-11(20)28/h7-10,13,27H,2-6,19H2,1H3,(H2,20,28)(H,24,33)(H,25,32)(H,26,31)(H,29,30)(H,34,35)(H4,21,22,23). The summed E-state index contributed by atoms with van der Waals surface area (Å²) in [6.07, 6.45) is -2.82. The highest BCUT2D eigenvalue weighted by Gasteiger charge is 2.33. The molecule has 0 heterocycles. The lowest BCUT2D eigenvalue weighted by Gasteiger charge is -2.25. The average molecular weight is 505 g/mol. The summed E-state index contributed by atoms with van der Waals surface area (Å²) in [6.45, 7) is 1.34. The van der Waals surface area contributed by atoms with Crippen molar-refractivity contribution in [1.82, 2.24) is 16.0 Å². The van der Waals surface area contributed by atoms with Crippen LogP contribution in [0.15, 0.2) is 4.99 Å². The molecule has 17 nitrogen and oxygen atoms in total. The third kappa shape index (κ3) is 12.7. The number of carbonyl (C=O) groups excluding carboxylic acids is 4. The normalized spacial score (nSPS) is 14.8. The van der Waals surface area contributed by atoms with E-state index in [4.69, 9.17) is 33.1 Å². The van der Waals surface area contributed by atoms with Crippen molar-refractivity contribution in [1.29, 1.82) is 0 Å². The summed E-state index contributed by atoms with van der Waals surface area (Å²) in [5.74, 6) is -7.58. The smallest absolute Gasteiger partial charge is 0.326 e. The molecular formula is C18H32N8O9. The lowest BCUT2D eigenvalue weighted by Crippen LogP contribution is -2.60. The van der Waals surface area contributed by atoms with E-state index in [1.807, 2.05) is 10.6 Å². The van der Waals surface area contributed by atoms with Gasteiger partial charge in [-0.15, -0.1) is 0 Å². The summed E-state index contributed by atoms with van der Waals surface area (Å²) in [4.78, 5) is 74.5. The second kappa shape index (κ2) is 15.0. The first-order valence-corrected chi connectivity index (χ1v) is 10.3. The van der Waals surface area contributed by atoms with Gasteiger partial charge in [-0.25, -0.2) is 4.79 Å². The first kappa shape index (κ1) is 31.0. The monoisotopic (exact) mass is 504 g/mol. The van der Waals surface area contributed by atoms with Crippen LogP contribution >= 0.6 is 0 Å². The molecule has 0 saturated heterocycles. The van der Waals surface area contributed by atoms with Gasteiger partial charge in [-0.3, -0.25) is 29.0 Å². The molecule has 0 radical (unpaired) electrons. The van der Waals surface area contributed by atoms with E-state index in [9.17, 15) is 33.9 Å². The number of carboxylic acid groups (broad SMARTS) is 2. The van der Waals surface area contributed by atoms with Crippen molar-refractivity contribution in [2.45, 2.75) is 62.9 Å². The van der Waals surface area contributed by atoms with E-state index in [-0.39, 0.29) is 18.9 Å². The number of nitrogens with two attached hydrogens (primary N) is 4. The number of hydrogen-bond acceptors (Lipinski definition) is 9. The van der Waals surface area contributed by atoms with Gasteiger partial charge in [0.2, 0.25) is 23.6 Å². The summed E-state index contributed by atoms with van der Waals surface area (Å²) in [6, 6.07) is -6.35. The Bertz CT molecular complexity index is 829. The van der Waals surface area contributed by atoms with E-state index in [1.54, 1.807) is 0 Å². The zero-order valence-electron chi connectivity index (χ0n) is 19.0. The Hall–Kier alpha value is -3.99. The van der Waals surface area contributed by atoms with Crippen molar-refractivity contribution in [2.24, 2.45) is 27.9 Å². The topological polar surface area (TPSA) is 316 Å². The maximum Gasteiger partial charge on any atom is 0.326 e. The molecule has 0 rings (SSSR count). The van der Waals surface area contributed by atoms with Crippen LogP contribution in [0.3, 0.4) is 0 Å². The predicted molar refractivity (Wildman–Crippen MR) is 119 cm³/mol. The second-order valence-corrected chi connectivity index (χ2v) is 7.51. The molecule has 0 aromatic heterocycles. The van der Waals surface area contributed by atoms with Crippen molar-refractivity contribution >= 4 is 41.5 Å².